The molecule has 0 fully saturated rings. The van der Waals surface area contributed by atoms with Crippen LogP contribution < -0.4 is 0 Å². The molecule has 0 aliphatic carbocycles. The molecule has 0 spiro atoms. The largest absolute Gasteiger partial charge is 0.243 e. The van der Waals surface area contributed by atoms with E-state index in [0.29, 0.717) is 16.9 Å². The highest BCUT2D eigenvalue weighted by Gasteiger charge is 2.09. The standard InChI is InChI=1S/C9H4N4S2/c1-6-7(2-10)11-3-8(12-4-14)9(6)13-5-15/h3H,1H3. The number of hydrogen-bond donors (Lipinski definition) is 0. The zero-order chi connectivity index (χ0) is 11.3. The predicted octanol–water partition coefficient (Wildman–Crippen LogP) is 2.73. The van der Waals surface area contributed by atoms with Crippen molar-refractivity contribution in [2.75, 3.05) is 0 Å². The Bertz CT molecular complexity index is 532. The van der Waals surface area contributed by atoms with Gasteiger partial charge in [-0.3, -0.25) is 0 Å². The van der Waals surface area contributed by atoms with Crippen molar-refractivity contribution >= 4 is 46.1 Å². The van der Waals surface area contributed by atoms with E-state index in [1.165, 1.54) is 6.20 Å². The van der Waals surface area contributed by atoms with Crippen LogP contribution in [0.25, 0.3) is 0 Å². The quantitative estimate of drug-likeness (QED) is 0.581. The minimum absolute atomic E-state index is 0.280. The monoisotopic (exact) mass is 232 g/mol. The maximum atomic E-state index is 8.76. The molecule has 1 aromatic heterocycles. The Morgan fingerprint density at radius 1 is 1.33 bits per heavy atom. The number of rotatable bonds is 2. The molecule has 0 aliphatic rings. The first-order chi connectivity index (χ1) is 7.24. The minimum Gasteiger partial charge on any atom is -0.243 e. The van der Waals surface area contributed by atoms with Crippen LogP contribution in [0.4, 0.5) is 11.4 Å². The number of aromatic nitrogens is 1. The molecule has 15 heavy (non-hydrogen) atoms. The molecule has 0 aliphatic heterocycles. The van der Waals surface area contributed by atoms with Gasteiger partial charge in [0.05, 0.1) is 16.5 Å². The van der Waals surface area contributed by atoms with Crippen molar-refractivity contribution in [3.05, 3.63) is 17.5 Å². The first-order valence-corrected chi connectivity index (χ1v) is 4.61. The highest BCUT2D eigenvalue weighted by atomic mass is 32.1. The summed E-state index contributed by atoms with van der Waals surface area (Å²) in [6.07, 6.45) is 1.40. The van der Waals surface area contributed by atoms with Crippen molar-refractivity contribution in [2.45, 2.75) is 6.92 Å². The summed E-state index contributed by atoms with van der Waals surface area (Å²) in [7, 11) is 0. The van der Waals surface area contributed by atoms with Crippen LogP contribution in [0.3, 0.4) is 0 Å². The van der Waals surface area contributed by atoms with Gasteiger partial charge in [0.1, 0.15) is 23.1 Å². The van der Waals surface area contributed by atoms with E-state index in [-0.39, 0.29) is 5.69 Å². The average molecular weight is 232 g/mol. The van der Waals surface area contributed by atoms with Crippen molar-refractivity contribution in [1.82, 2.24) is 4.98 Å². The van der Waals surface area contributed by atoms with Gasteiger partial charge in [0.25, 0.3) is 0 Å². The summed E-state index contributed by atoms with van der Waals surface area (Å²) < 4.78 is 0. The number of nitriles is 1. The molecule has 0 atom stereocenters. The lowest BCUT2D eigenvalue weighted by Gasteiger charge is -2.02. The number of nitrogens with zero attached hydrogens (tertiary/aromatic N) is 4. The summed E-state index contributed by atoms with van der Waals surface area (Å²) in [6.45, 7) is 1.71. The van der Waals surface area contributed by atoms with Crippen LogP contribution in [0.5, 0.6) is 0 Å². The molecule has 1 rings (SSSR count). The van der Waals surface area contributed by atoms with Crippen LogP contribution >= 0.6 is 24.4 Å². The molecule has 1 aromatic rings. The third kappa shape index (κ3) is 2.38. The predicted molar refractivity (Wildman–Crippen MR) is 63.1 cm³/mol. The van der Waals surface area contributed by atoms with Gasteiger partial charge in [-0.05, 0) is 31.4 Å². The topological polar surface area (TPSA) is 61.4 Å². The summed E-state index contributed by atoms with van der Waals surface area (Å²) in [6, 6.07) is 1.94. The normalized spacial score (nSPS) is 8.27. The Kier molecular flexibility index (Phi) is 3.92. The van der Waals surface area contributed by atoms with Crippen LogP contribution in [-0.4, -0.2) is 15.3 Å². The molecule has 6 heteroatoms. The molecule has 1 heterocycles. The van der Waals surface area contributed by atoms with Gasteiger partial charge >= 0.3 is 0 Å². The second-order valence-corrected chi connectivity index (χ2v) is 2.85. The Morgan fingerprint density at radius 3 is 2.53 bits per heavy atom. The fraction of sp³-hybridized carbons (Fsp3) is 0.111. The SMILES string of the molecule is Cc1c(C#N)ncc(N=C=S)c1N=C=S. The number of isothiocyanates is 2. The van der Waals surface area contributed by atoms with Gasteiger partial charge in [-0.2, -0.15) is 15.2 Å². The molecule has 0 saturated heterocycles. The van der Waals surface area contributed by atoms with Crippen LogP contribution in [0, 0.1) is 18.3 Å². The highest BCUT2D eigenvalue weighted by molar-refractivity contribution is 7.78. The molecular formula is C9H4N4S2. The molecule has 4 nitrogen and oxygen atoms in total. The zero-order valence-electron chi connectivity index (χ0n) is 7.68. The van der Waals surface area contributed by atoms with Crippen molar-refractivity contribution in [3.63, 3.8) is 0 Å². The first kappa shape index (κ1) is 11.3. The van der Waals surface area contributed by atoms with E-state index in [4.69, 9.17) is 5.26 Å². The fourth-order valence-electron chi connectivity index (χ4n) is 1.02. The summed E-state index contributed by atoms with van der Waals surface area (Å²) in [5.41, 5.74) is 1.76. The molecule has 0 N–H and O–H groups in total. The molecule has 0 amide bonds. The van der Waals surface area contributed by atoms with E-state index in [0.717, 1.165) is 0 Å². The number of thiocarbonyl (C=S) groups is 2. The average Bonchev–Trinajstić information content (AvgIpc) is 2.24. The van der Waals surface area contributed by atoms with Crippen molar-refractivity contribution in [2.24, 2.45) is 9.98 Å². The molecule has 0 unspecified atom stereocenters. The second kappa shape index (κ2) is 5.20. The van der Waals surface area contributed by atoms with E-state index in [1.54, 1.807) is 6.92 Å². The van der Waals surface area contributed by atoms with Gasteiger partial charge in [0.15, 0.2) is 0 Å². The van der Waals surface area contributed by atoms with Crippen molar-refractivity contribution in [3.8, 4) is 6.07 Å². The van der Waals surface area contributed by atoms with Crippen LogP contribution in [0.2, 0.25) is 0 Å². The van der Waals surface area contributed by atoms with Gasteiger partial charge in [0, 0.05) is 5.56 Å². The van der Waals surface area contributed by atoms with E-state index in [1.807, 2.05) is 6.07 Å². The van der Waals surface area contributed by atoms with Crippen molar-refractivity contribution in [1.29, 1.82) is 5.26 Å². The van der Waals surface area contributed by atoms with E-state index < -0.39 is 0 Å². The summed E-state index contributed by atoms with van der Waals surface area (Å²) in [4.78, 5) is 11.5. The molecule has 0 bridgehead atoms. The number of hydrogen-bond acceptors (Lipinski definition) is 6. The molecular weight excluding hydrogens is 228 g/mol. The minimum atomic E-state index is 0.280. The third-order valence-electron chi connectivity index (χ3n) is 1.70. The maximum absolute atomic E-state index is 8.76. The summed E-state index contributed by atoms with van der Waals surface area (Å²) >= 11 is 8.99. The lowest BCUT2D eigenvalue weighted by molar-refractivity contribution is 1.19. The highest BCUT2D eigenvalue weighted by Crippen LogP contribution is 2.31. The van der Waals surface area contributed by atoms with E-state index in [9.17, 15) is 0 Å². The van der Waals surface area contributed by atoms with Gasteiger partial charge in [-0.15, -0.1) is 0 Å². The molecule has 72 valence electrons. The lowest BCUT2D eigenvalue weighted by atomic mass is 10.1. The van der Waals surface area contributed by atoms with E-state index in [2.05, 4.69) is 49.7 Å². The van der Waals surface area contributed by atoms with Gasteiger partial charge in [0.2, 0.25) is 0 Å². The lowest BCUT2D eigenvalue weighted by Crippen LogP contribution is -1.88. The molecule has 0 saturated carbocycles. The first-order valence-electron chi connectivity index (χ1n) is 3.80. The maximum Gasteiger partial charge on any atom is 0.145 e. The Morgan fingerprint density at radius 2 is 2.00 bits per heavy atom. The number of aliphatic imine (C=N–C) groups is 2. The molecule has 0 aromatic carbocycles. The van der Waals surface area contributed by atoms with Gasteiger partial charge in [-0.25, -0.2) is 4.98 Å². The van der Waals surface area contributed by atoms with Crippen LogP contribution in [0.15, 0.2) is 16.2 Å². The second-order valence-electron chi connectivity index (χ2n) is 2.48. The van der Waals surface area contributed by atoms with Crippen molar-refractivity contribution < 1.29 is 0 Å². The van der Waals surface area contributed by atoms with Gasteiger partial charge < -0.3 is 0 Å². The third-order valence-corrected chi connectivity index (χ3v) is 1.88. The van der Waals surface area contributed by atoms with E-state index >= 15 is 0 Å². The summed E-state index contributed by atoms with van der Waals surface area (Å²) in [5, 5.41) is 13.2. The van der Waals surface area contributed by atoms with Gasteiger partial charge in [-0.1, -0.05) is 0 Å². The Labute approximate surface area is 97.0 Å². The van der Waals surface area contributed by atoms with Crippen LogP contribution in [-0.2, 0) is 0 Å². The molecule has 0 radical (unpaired) electrons. The summed E-state index contributed by atoms with van der Waals surface area (Å²) in [5.74, 6) is 0. The fourth-order valence-corrected chi connectivity index (χ4v) is 1.21. The number of pyridine rings is 1. The zero-order valence-corrected chi connectivity index (χ0v) is 9.32. The van der Waals surface area contributed by atoms with Crippen LogP contribution in [0.1, 0.15) is 11.3 Å². The Balaban J connectivity index is 3.58. The Hall–Kier alpha value is -1.76. The smallest absolute Gasteiger partial charge is 0.145 e.